The monoisotopic (exact) mass is 277 g/mol. The molecule has 1 aromatic carbocycles. The molecular weight excluding hydrogens is 261 g/mol. The zero-order valence-electron chi connectivity index (χ0n) is 11.3. The molecule has 0 aliphatic rings. The van der Waals surface area contributed by atoms with Gasteiger partial charge in [-0.2, -0.15) is 0 Å². The van der Waals surface area contributed by atoms with E-state index in [0.29, 0.717) is 12.1 Å². The minimum absolute atomic E-state index is 0.0835. The molecule has 2 rings (SSSR count). The number of ether oxygens (including phenoxy) is 1. The van der Waals surface area contributed by atoms with Gasteiger partial charge in [-0.25, -0.2) is 4.39 Å². The van der Waals surface area contributed by atoms with Crippen molar-refractivity contribution in [3.63, 3.8) is 0 Å². The molecule has 1 aromatic heterocycles. The smallest absolute Gasteiger partial charge is 0.306 e. The summed E-state index contributed by atoms with van der Waals surface area (Å²) in [4.78, 5) is 23.0. The Kier molecular flexibility index (Phi) is 4.50. The first kappa shape index (κ1) is 14.2. The maximum atomic E-state index is 13.2. The molecule has 0 N–H and O–H groups in total. The third-order valence-electron chi connectivity index (χ3n) is 3.00. The van der Waals surface area contributed by atoms with Gasteiger partial charge in [0.15, 0.2) is 5.78 Å². The van der Waals surface area contributed by atoms with E-state index in [9.17, 15) is 14.0 Å². The zero-order valence-corrected chi connectivity index (χ0v) is 11.3. The average Bonchev–Trinajstić information content (AvgIpc) is 2.79. The first-order valence-corrected chi connectivity index (χ1v) is 6.52. The van der Waals surface area contributed by atoms with Crippen molar-refractivity contribution in [1.82, 2.24) is 4.57 Å². The largest absolute Gasteiger partial charge is 0.466 e. The molecule has 0 aliphatic carbocycles. The predicted octanol–water partition coefficient (Wildman–Crippen LogP) is 2.69. The van der Waals surface area contributed by atoms with Crippen molar-refractivity contribution < 1.29 is 18.7 Å². The van der Waals surface area contributed by atoms with Gasteiger partial charge in [0.05, 0.1) is 25.1 Å². The van der Waals surface area contributed by atoms with Gasteiger partial charge in [-0.1, -0.05) is 0 Å². The summed E-state index contributed by atoms with van der Waals surface area (Å²) < 4.78 is 19.7. The molecule has 4 nitrogen and oxygen atoms in total. The van der Waals surface area contributed by atoms with Crippen LogP contribution in [-0.2, 0) is 20.9 Å². The molecule has 0 bridgehead atoms. The number of esters is 1. The van der Waals surface area contributed by atoms with Crippen molar-refractivity contribution in [3.05, 3.63) is 36.3 Å². The predicted molar refractivity (Wildman–Crippen MR) is 72.8 cm³/mol. The Labute approximate surface area is 116 Å². The SMILES string of the molecule is CCOC(=O)CCC(=O)Cn1ccc2ccc(F)cc21. The van der Waals surface area contributed by atoms with E-state index in [1.54, 1.807) is 23.8 Å². The van der Waals surface area contributed by atoms with Gasteiger partial charge in [0, 0.05) is 12.6 Å². The summed E-state index contributed by atoms with van der Waals surface area (Å²) in [6, 6.07) is 6.28. The Morgan fingerprint density at radius 1 is 1.25 bits per heavy atom. The van der Waals surface area contributed by atoms with Crippen LogP contribution < -0.4 is 0 Å². The summed E-state index contributed by atoms with van der Waals surface area (Å²) in [5, 5.41) is 0.879. The van der Waals surface area contributed by atoms with E-state index in [0.717, 1.165) is 5.39 Å². The van der Waals surface area contributed by atoms with E-state index in [-0.39, 0.29) is 37.0 Å². The molecule has 5 heteroatoms. The first-order chi connectivity index (χ1) is 9.60. The van der Waals surface area contributed by atoms with Crippen LogP contribution >= 0.6 is 0 Å². The van der Waals surface area contributed by atoms with E-state index in [1.807, 2.05) is 6.07 Å². The van der Waals surface area contributed by atoms with Crippen LogP contribution in [-0.4, -0.2) is 22.9 Å². The zero-order chi connectivity index (χ0) is 14.5. The van der Waals surface area contributed by atoms with Crippen molar-refractivity contribution in [2.75, 3.05) is 6.61 Å². The van der Waals surface area contributed by atoms with Crippen LogP contribution in [0.1, 0.15) is 19.8 Å². The number of aromatic nitrogens is 1. The van der Waals surface area contributed by atoms with Crippen LogP contribution in [0.15, 0.2) is 30.5 Å². The highest BCUT2D eigenvalue weighted by Gasteiger charge is 2.10. The van der Waals surface area contributed by atoms with E-state index in [4.69, 9.17) is 4.74 Å². The highest BCUT2D eigenvalue weighted by molar-refractivity contribution is 5.86. The van der Waals surface area contributed by atoms with Crippen molar-refractivity contribution in [3.8, 4) is 0 Å². The molecule has 0 fully saturated rings. The molecule has 106 valence electrons. The van der Waals surface area contributed by atoms with E-state index < -0.39 is 0 Å². The Morgan fingerprint density at radius 3 is 2.80 bits per heavy atom. The Hall–Kier alpha value is -2.17. The lowest BCUT2D eigenvalue weighted by Gasteiger charge is -2.05. The van der Waals surface area contributed by atoms with Gasteiger partial charge in [0.2, 0.25) is 0 Å². The van der Waals surface area contributed by atoms with Crippen LogP contribution in [0.4, 0.5) is 4.39 Å². The number of ketones is 1. The van der Waals surface area contributed by atoms with Gasteiger partial charge in [-0.05, 0) is 36.6 Å². The highest BCUT2D eigenvalue weighted by atomic mass is 19.1. The number of hydrogen-bond acceptors (Lipinski definition) is 3. The molecule has 0 unspecified atom stereocenters. The average molecular weight is 277 g/mol. The number of carbonyl (C=O) groups excluding carboxylic acids is 2. The van der Waals surface area contributed by atoms with Gasteiger partial charge in [0.25, 0.3) is 0 Å². The highest BCUT2D eigenvalue weighted by Crippen LogP contribution is 2.17. The number of halogens is 1. The van der Waals surface area contributed by atoms with Crippen molar-refractivity contribution in [2.45, 2.75) is 26.3 Å². The third-order valence-corrected chi connectivity index (χ3v) is 3.00. The Bertz CT molecular complexity index is 633. The molecule has 0 aliphatic heterocycles. The number of Topliss-reactive ketones (excluding diaryl/α,β-unsaturated/α-hetero) is 1. The summed E-state index contributed by atoms with van der Waals surface area (Å²) in [6.45, 7) is 2.17. The number of hydrogen-bond donors (Lipinski definition) is 0. The van der Waals surface area contributed by atoms with Gasteiger partial charge < -0.3 is 9.30 Å². The normalized spacial score (nSPS) is 10.7. The number of fused-ring (bicyclic) bond motifs is 1. The topological polar surface area (TPSA) is 48.3 Å². The molecule has 0 radical (unpaired) electrons. The fraction of sp³-hybridized carbons (Fsp3) is 0.333. The lowest BCUT2D eigenvalue weighted by molar-refractivity contribution is -0.144. The van der Waals surface area contributed by atoms with Crippen LogP contribution in [0.5, 0.6) is 0 Å². The van der Waals surface area contributed by atoms with Crippen LogP contribution in [0, 0.1) is 5.82 Å². The first-order valence-electron chi connectivity index (χ1n) is 6.52. The molecule has 20 heavy (non-hydrogen) atoms. The number of rotatable bonds is 6. The summed E-state index contributed by atoms with van der Waals surface area (Å²) in [5.74, 6) is -0.791. The summed E-state index contributed by atoms with van der Waals surface area (Å²) in [6.07, 6.45) is 1.96. The molecule has 0 saturated heterocycles. The van der Waals surface area contributed by atoms with Gasteiger partial charge in [-0.15, -0.1) is 0 Å². The second-order valence-corrected chi connectivity index (χ2v) is 4.49. The lowest BCUT2D eigenvalue weighted by Crippen LogP contribution is -2.12. The van der Waals surface area contributed by atoms with E-state index >= 15 is 0 Å². The molecule has 0 atom stereocenters. The molecule has 2 aromatic rings. The Morgan fingerprint density at radius 2 is 2.05 bits per heavy atom. The van der Waals surface area contributed by atoms with Crippen LogP contribution in [0.2, 0.25) is 0 Å². The van der Waals surface area contributed by atoms with Crippen LogP contribution in [0.3, 0.4) is 0 Å². The number of nitrogens with zero attached hydrogens (tertiary/aromatic N) is 1. The van der Waals surface area contributed by atoms with Gasteiger partial charge >= 0.3 is 5.97 Å². The fourth-order valence-corrected chi connectivity index (χ4v) is 2.04. The van der Waals surface area contributed by atoms with Gasteiger partial charge in [0.1, 0.15) is 5.82 Å². The maximum Gasteiger partial charge on any atom is 0.306 e. The minimum Gasteiger partial charge on any atom is -0.466 e. The quantitative estimate of drug-likeness (QED) is 0.763. The van der Waals surface area contributed by atoms with Crippen molar-refractivity contribution in [2.24, 2.45) is 0 Å². The summed E-state index contributed by atoms with van der Waals surface area (Å²) >= 11 is 0. The maximum absolute atomic E-state index is 13.2. The second kappa shape index (κ2) is 6.32. The molecular formula is C15H16FNO3. The second-order valence-electron chi connectivity index (χ2n) is 4.49. The van der Waals surface area contributed by atoms with E-state index in [2.05, 4.69) is 0 Å². The molecule has 0 spiro atoms. The summed E-state index contributed by atoms with van der Waals surface area (Å²) in [5.41, 5.74) is 0.675. The standard InChI is InChI=1S/C15H16FNO3/c1-2-20-15(19)6-5-13(18)10-17-8-7-11-3-4-12(16)9-14(11)17/h3-4,7-9H,2,5-6,10H2,1H3. The van der Waals surface area contributed by atoms with Crippen molar-refractivity contribution >= 4 is 22.7 Å². The minimum atomic E-state index is -0.371. The molecule has 0 amide bonds. The van der Waals surface area contributed by atoms with E-state index in [1.165, 1.54) is 12.1 Å². The molecule has 0 saturated carbocycles. The molecule has 1 heterocycles. The van der Waals surface area contributed by atoms with Gasteiger partial charge in [-0.3, -0.25) is 9.59 Å². The van der Waals surface area contributed by atoms with Crippen molar-refractivity contribution in [1.29, 1.82) is 0 Å². The number of benzene rings is 1. The fourth-order valence-electron chi connectivity index (χ4n) is 2.04. The third kappa shape index (κ3) is 3.44. The lowest BCUT2D eigenvalue weighted by atomic mass is 10.2. The number of carbonyl (C=O) groups is 2. The summed E-state index contributed by atoms with van der Waals surface area (Å²) in [7, 11) is 0. The Balaban J connectivity index is 1.99. The van der Waals surface area contributed by atoms with Crippen LogP contribution in [0.25, 0.3) is 10.9 Å².